The Morgan fingerprint density at radius 1 is 1.20 bits per heavy atom. The highest BCUT2D eigenvalue weighted by molar-refractivity contribution is 9.10. The summed E-state index contributed by atoms with van der Waals surface area (Å²) in [5.74, 6) is -0.147. The van der Waals surface area contributed by atoms with E-state index in [0.717, 1.165) is 15.4 Å². The average molecular weight is 430 g/mol. The third kappa shape index (κ3) is 3.99. The van der Waals surface area contributed by atoms with Crippen molar-refractivity contribution in [3.05, 3.63) is 50.1 Å². The van der Waals surface area contributed by atoms with Gasteiger partial charge in [0.25, 0.3) is 0 Å². The van der Waals surface area contributed by atoms with E-state index >= 15 is 0 Å². The van der Waals surface area contributed by atoms with Crippen molar-refractivity contribution in [3.8, 4) is 5.75 Å². The first kappa shape index (κ1) is 15.9. The zero-order valence-electron chi connectivity index (χ0n) is 10.0. The molecule has 108 valence electrons. The minimum atomic E-state index is -4.43. The molecular weight excluding hydrogens is 421 g/mol. The number of rotatable bonds is 4. The van der Waals surface area contributed by atoms with Gasteiger partial charge in [0.05, 0.1) is 5.56 Å². The summed E-state index contributed by atoms with van der Waals surface area (Å²) >= 11 is 7.87. The molecule has 0 aliphatic rings. The molecule has 0 aliphatic heterocycles. The highest BCUT2D eigenvalue weighted by Gasteiger charge is 2.34. The van der Waals surface area contributed by atoms with Crippen LogP contribution in [-0.4, -0.2) is 0 Å². The van der Waals surface area contributed by atoms with Crippen molar-refractivity contribution in [2.24, 2.45) is 0 Å². The summed E-state index contributed by atoms with van der Waals surface area (Å²) in [4.78, 5) is 0.856. The number of hydrogen-bond acceptors (Lipinski definition) is 2. The maximum absolute atomic E-state index is 13.0. The third-order valence-electron chi connectivity index (χ3n) is 2.50. The van der Waals surface area contributed by atoms with E-state index in [2.05, 4.69) is 31.9 Å². The Morgan fingerprint density at radius 2 is 1.95 bits per heavy atom. The van der Waals surface area contributed by atoms with E-state index in [-0.39, 0.29) is 12.4 Å². The molecule has 0 aliphatic carbocycles. The van der Waals surface area contributed by atoms with Crippen LogP contribution in [0.5, 0.6) is 5.75 Å². The SMILES string of the molecule is FC(F)(F)c1cc(CBr)ccc1OCc1cc(Br)cs1. The summed E-state index contributed by atoms with van der Waals surface area (Å²) in [6.07, 6.45) is -4.43. The summed E-state index contributed by atoms with van der Waals surface area (Å²) < 4.78 is 45.2. The first-order valence-electron chi connectivity index (χ1n) is 5.52. The Hall–Kier alpha value is -0.530. The number of alkyl halides is 4. The smallest absolute Gasteiger partial charge is 0.419 e. The molecule has 1 aromatic heterocycles. The molecule has 0 radical (unpaired) electrons. The van der Waals surface area contributed by atoms with Gasteiger partial charge in [0, 0.05) is 20.1 Å². The summed E-state index contributed by atoms with van der Waals surface area (Å²) in [6.45, 7) is 0.118. The summed E-state index contributed by atoms with van der Waals surface area (Å²) in [7, 11) is 0. The van der Waals surface area contributed by atoms with Crippen LogP contribution in [0.15, 0.2) is 34.1 Å². The Kier molecular flexibility index (Phi) is 5.14. The van der Waals surface area contributed by atoms with E-state index in [1.165, 1.54) is 17.4 Å². The summed E-state index contributed by atoms with van der Waals surface area (Å²) in [5.41, 5.74) is -0.186. The molecule has 7 heteroatoms. The van der Waals surface area contributed by atoms with Gasteiger partial charge in [0.1, 0.15) is 12.4 Å². The average Bonchev–Trinajstić information content (AvgIpc) is 2.81. The molecule has 0 spiro atoms. The van der Waals surface area contributed by atoms with Gasteiger partial charge < -0.3 is 4.74 Å². The highest BCUT2D eigenvalue weighted by atomic mass is 79.9. The zero-order chi connectivity index (χ0) is 14.8. The minimum absolute atomic E-state index is 0.118. The maximum Gasteiger partial charge on any atom is 0.419 e. The normalized spacial score (nSPS) is 11.7. The van der Waals surface area contributed by atoms with Crippen LogP contribution in [0.2, 0.25) is 0 Å². The Bertz CT molecular complexity index is 596. The number of ether oxygens (including phenoxy) is 1. The van der Waals surface area contributed by atoms with Gasteiger partial charge in [-0.2, -0.15) is 13.2 Å². The largest absolute Gasteiger partial charge is 0.487 e. The molecular formula is C13H9Br2F3OS. The second kappa shape index (κ2) is 6.49. The lowest BCUT2D eigenvalue weighted by molar-refractivity contribution is -0.139. The molecule has 0 saturated heterocycles. The maximum atomic E-state index is 13.0. The van der Waals surface area contributed by atoms with E-state index < -0.39 is 11.7 Å². The number of hydrogen-bond donors (Lipinski definition) is 0. The fourth-order valence-corrected chi connectivity index (χ4v) is 3.30. The molecule has 0 amide bonds. The van der Waals surface area contributed by atoms with Crippen LogP contribution in [0.3, 0.4) is 0 Å². The molecule has 1 nitrogen and oxygen atoms in total. The first-order chi connectivity index (χ1) is 9.40. The highest BCUT2D eigenvalue weighted by Crippen LogP contribution is 2.37. The molecule has 0 saturated carbocycles. The van der Waals surface area contributed by atoms with Gasteiger partial charge in [-0.25, -0.2) is 0 Å². The molecule has 1 heterocycles. The molecule has 0 atom stereocenters. The van der Waals surface area contributed by atoms with Gasteiger partial charge in [-0.15, -0.1) is 11.3 Å². The van der Waals surface area contributed by atoms with Crippen molar-refractivity contribution in [2.45, 2.75) is 18.1 Å². The van der Waals surface area contributed by atoms with Gasteiger partial charge >= 0.3 is 6.18 Å². The number of thiophene rings is 1. The van der Waals surface area contributed by atoms with Crippen LogP contribution >= 0.6 is 43.2 Å². The predicted molar refractivity (Wildman–Crippen MR) is 80.4 cm³/mol. The lowest BCUT2D eigenvalue weighted by Gasteiger charge is -2.14. The fraction of sp³-hybridized carbons (Fsp3) is 0.231. The van der Waals surface area contributed by atoms with Crippen LogP contribution in [0.4, 0.5) is 13.2 Å². The lowest BCUT2D eigenvalue weighted by atomic mass is 10.1. The molecule has 0 N–H and O–H groups in total. The Labute approximate surface area is 135 Å². The van der Waals surface area contributed by atoms with Crippen LogP contribution in [0, 0.1) is 0 Å². The van der Waals surface area contributed by atoms with Gasteiger partial charge in [0.15, 0.2) is 0 Å². The second-order valence-corrected chi connectivity index (χ2v) is 6.45. The number of halogens is 5. The van der Waals surface area contributed by atoms with Crippen LogP contribution in [-0.2, 0) is 18.1 Å². The van der Waals surface area contributed by atoms with Crippen molar-refractivity contribution in [1.82, 2.24) is 0 Å². The molecule has 0 fully saturated rings. The Morgan fingerprint density at radius 3 is 2.50 bits per heavy atom. The second-order valence-electron chi connectivity index (χ2n) is 3.98. The molecule has 0 bridgehead atoms. The van der Waals surface area contributed by atoms with Crippen LogP contribution in [0.25, 0.3) is 0 Å². The van der Waals surface area contributed by atoms with Crippen LogP contribution in [0.1, 0.15) is 16.0 Å². The lowest BCUT2D eigenvalue weighted by Crippen LogP contribution is -2.09. The van der Waals surface area contributed by atoms with Crippen LogP contribution < -0.4 is 4.74 Å². The monoisotopic (exact) mass is 428 g/mol. The molecule has 20 heavy (non-hydrogen) atoms. The van der Waals surface area contributed by atoms with E-state index in [9.17, 15) is 13.2 Å². The predicted octanol–water partition coefficient (Wildman–Crippen LogP) is 6.00. The van der Waals surface area contributed by atoms with E-state index in [0.29, 0.717) is 10.9 Å². The van der Waals surface area contributed by atoms with Crippen molar-refractivity contribution in [2.75, 3.05) is 0 Å². The van der Waals surface area contributed by atoms with Gasteiger partial charge in [0.2, 0.25) is 0 Å². The van der Waals surface area contributed by atoms with Crippen molar-refractivity contribution in [1.29, 1.82) is 0 Å². The summed E-state index contributed by atoms with van der Waals surface area (Å²) in [6, 6.07) is 5.91. The quantitative estimate of drug-likeness (QED) is 0.541. The standard InChI is InChI=1S/C13H9Br2F3OS/c14-5-8-1-2-12(11(3-8)13(16,17)18)19-6-10-4-9(15)7-20-10/h1-4,7H,5-6H2. The topological polar surface area (TPSA) is 9.23 Å². The van der Waals surface area contributed by atoms with Gasteiger partial charge in [-0.1, -0.05) is 22.0 Å². The van der Waals surface area contributed by atoms with Crippen molar-refractivity contribution in [3.63, 3.8) is 0 Å². The minimum Gasteiger partial charge on any atom is -0.487 e. The molecule has 0 unspecified atom stereocenters. The zero-order valence-corrected chi connectivity index (χ0v) is 14.0. The van der Waals surface area contributed by atoms with E-state index in [1.54, 1.807) is 6.07 Å². The van der Waals surface area contributed by atoms with Gasteiger partial charge in [-0.3, -0.25) is 0 Å². The molecule has 2 aromatic rings. The fourth-order valence-electron chi connectivity index (χ4n) is 1.59. The summed E-state index contributed by atoms with van der Waals surface area (Å²) in [5, 5.41) is 2.23. The van der Waals surface area contributed by atoms with E-state index in [1.807, 2.05) is 11.4 Å². The van der Waals surface area contributed by atoms with Crippen molar-refractivity contribution < 1.29 is 17.9 Å². The van der Waals surface area contributed by atoms with Crippen molar-refractivity contribution >= 4 is 43.2 Å². The Balaban J connectivity index is 2.22. The molecule has 1 aromatic carbocycles. The van der Waals surface area contributed by atoms with Gasteiger partial charge in [-0.05, 0) is 39.7 Å². The van der Waals surface area contributed by atoms with E-state index in [4.69, 9.17) is 4.74 Å². The molecule has 2 rings (SSSR count). The third-order valence-corrected chi connectivity index (χ3v) is 4.81. The number of benzene rings is 1. The first-order valence-corrected chi connectivity index (χ1v) is 8.31.